The van der Waals surface area contributed by atoms with E-state index in [1.165, 1.54) is 0 Å². The van der Waals surface area contributed by atoms with Crippen LogP contribution in [0.5, 0.6) is 0 Å². The van der Waals surface area contributed by atoms with E-state index in [0.29, 0.717) is 5.11 Å². The fourth-order valence-corrected chi connectivity index (χ4v) is 2.07. The minimum absolute atomic E-state index is 0.175. The first-order valence-corrected chi connectivity index (χ1v) is 4.87. The van der Waals surface area contributed by atoms with Gasteiger partial charge in [-0.15, -0.1) is 0 Å². The van der Waals surface area contributed by atoms with Crippen molar-refractivity contribution in [3.8, 4) is 0 Å². The number of hydrogen-bond acceptors (Lipinski definition) is 2. The molecule has 0 unspecified atom stereocenters. The largest absolute Gasteiger partial charge is 0.376 e. The van der Waals surface area contributed by atoms with Crippen LogP contribution in [0.15, 0.2) is 0 Å². The zero-order valence-electron chi connectivity index (χ0n) is 8.76. The predicted octanol–water partition coefficient (Wildman–Crippen LogP) is 1.12. The Balaban J connectivity index is 2.78. The third-order valence-corrected chi connectivity index (χ3v) is 2.27. The summed E-state index contributed by atoms with van der Waals surface area (Å²) < 4.78 is 5.88. The summed E-state index contributed by atoms with van der Waals surface area (Å²) in [7, 11) is 0. The summed E-state index contributed by atoms with van der Waals surface area (Å²) >= 11 is 4.97. The third-order valence-electron chi connectivity index (χ3n) is 2.01. The van der Waals surface area contributed by atoms with Gasteiger partial charge < -0.3 is 15.4 Å². The maximum atomic E-state index is 5.88. The fraction of sp³-hybridized carbons (Fsp3) is 0.889. The van der Waals surface area contributed by atoms with Crippen molar-refractivity contribution in [1.82, 2.24) is 4.90 Å². The maximum Gasteiger partial charge on any atom is 0.166 e. The molecule has 1 saturated heterocycles. The van der Waals surface area contributed by atoms with Crippen molar-refractivity contribution in [3.05, 3.63) is 0 Å². The average Bonchev–Trinajstić information content (AvgIpc) is 1.79. The van der Waals surface area contributed by atoms with E-state index < -0.39 is 0 Å². The summed E-state index contributed by atoms with van der Waals surface area (Å²) in [4.78, 5) is 2.00. The van der Waals surface area contributed by atoms with E-state index in [1.807, 2.05) is 4.90 Å². The number of nitrogens with two attached hydrogens (primary N) is 1. The number of hydrogen-bond donors (Lipinski definition) is 1. The Morgan fingerprint density at radius 1 is 1.23 bits per heavy atom. The van der Waals surface area contributed by atoms with Gasteiger partial charge in [-0.05, 0) is 39.9 Å². The minimum Gasteiger partial charge on any atom is -0.376 e. The first-order chi connectivity index (χ1) is 5.72. The van der Waals surface area contributed by atoms with Gasteiger partial charge in [0.2, 0.25) is 0 Å². The molecule has 0 aliphatic carbocycles. The Hall–Kier alpha value is -0.350. The van der Waals surface area contributed by atoms with Gasteiger partial charge in [-0.1, -0.05) is 0 Å². The van der Waals surface area contributed by atoms with Gasteiger partial charge in [-0.25, -0.2) is 0 Å². The molecule has 1 aliphatic rings. The highest BCUT2D eigenvalue weighted by Gasteiger charge is 2.38. The molecule has 13 heavy (non-hydrogen) atoms. The molecule has 76 valence electrons. The van der Waals surface area contributed by atoms with Crippen LogP contribution in [0.3, 0.4) is 0 Å². The lowest BCUT2D eigenvalue weighted by Gasteiger charge is -2.47. The first kappa shape index (κ1) is 10.7. The Bertz CT molecular complexity index is 210. The van der Waals surface area contributed by atoms with Gasteiger partial charge in [-0.3, -0.25) is 0 Å². The number of rotatable bonds is 0. The molecule has 0 atom stereocenters. The average molecular weight is 202 g/mol. The molecule has 0 saturated carbocycles. The predicted molar refractivity (Wildman–Crippen MR) is 57.6 cm³/mol. The van der Waals surface area contributed by atoms with Crippen molar-refractivity contribution in [2.45, 2.75) is 38.9 Å². The van der Waals surface area contributed by atoms with Crippen LogP contribution in [-0.4, -0.2) is 34.3 Å². The second-order valence-corrected chi connectivity index (χ2v) is 5.23. The second-order valence-electron chi connectivity index (χ2n) is 4.82. The van der Waals surface area contributed by atoms with Crippen molar-refractivity contribution < 1.29 is 4.74 Å². The second kappa shape index (κ2) is 3.10. The van der Waals surface area contributed by atoms with Crippen molar-refractivity contribution in [2.75, 3.05) is 13.1 Å². The Morgan fingerprint density at radius 2 is 1.62 bits per heavy atom. The zero-order chi connectivity index (χ0) is 10.3. The molecule has 3 nitrogen and oxygen atoms in total. The summed E-state index contributed by atoms with van der Waals surface area (Å²) in [6.07, 6.45) is 0. The summed E-state index contributed by atoms with van der Waals surface area (Å²) in [6.45, 7) is 9.76. The van der Waals surface area contributed by atoms with E-state index in [4.69, 9.17) is 22.7 Å². The summed E-state index contributed by atoms with van der Waals surface area (Å²) in [5.41, 5.74) is 5.26. The first-order valence-electron chi connectivity index (χ1n) is 4.46. The molecular weight excluding hydrogens is 184 g/mol. The molecule has 4 heteroatoms. The highest BCUT2D eigenvalue weighted by Crippen LogP contribution is 2.27. The van der Waals surface area contributed by atoms with Crippen LogP contribution < -0.4 is 5.73 Å². The third kappa shape index (κ3) is 2.81. The molecule has 0 aromatic carbocycles. The molecule has 0 bridgehead atoms. The molecule has 2 N–H and O–H groups in total. The topological polar surface area (TPSA) is 38.5 Å². The van der Waals surface area contributed by atoms with Crippen LogP contribution in [0.2, 0.25) is 0 Å². The highest BCUT2D eigenvalue weighted by atomic mass is 32.1. The monoisotopic (exact) mass is 202 g/mol. The van der Waals surface area contributed by atoms with Gasteiger partial charge in [-0.2, -0.15) is 0 Å². The Labute approximate surface area is 85.2 Å². The minimum atomic E-state index is -0.175. The molecule has 1 heterocycles. The van der Waals surface area contributed by atoms with Gasteiger partial charge in [0.15, 0.2) is 5.11 Å². The van der Waals surface area contributed by atoms with Gasteiger partial charge in [0.25, 0.3) is 0 Å². The van der Waals surface area contributed by atoms with Crippen molar-refractivity contribution in [2.24, 2.45) is 5.73 Å². The van der Waals surface area contributed by atoms with Crippen LogP contribution in [0.1, 0.15) is 27.7 Å². The molecule has 0 spiro atoms. The standard InChI is InChI=1S/C9H18N2OS/c1-8(2)5-11(7(10)13)6-9(3,4)12-8/h5-6H2,1-4H3,(H2,10,13). The van der Waals surface area contributed by atoms with E-state index in [-0.39, 0.29) is 11.2 Å². The molecule has 0 aromatic rings. The Kier molecular flexibility index (Phi) is 2.56. The zero-order valence-corrected chi connectivity index (χ0v) is 9.57. The lowest BCUT2D eigenvalue weighted by molar-refractivity contribution is -0.166. The number of nitrogens with zero attached hydrogens (tertiary/aromatic N) is 1. The molecule has 1 aliphatic heterocycles. The van der Waals surface area contributed by atoms with Gasteiger partial charge >= 0.3 is 0 Å². The van der Waals surface area contributed by atoms with E-state index in [0.717, 1.165) is 13.1 Å². The maximum absolute atomic E-state index is 5.88. The molecular formula is C9H18N2OS. The van der Waals surface area contributed by atoms with E-state index in [9.17, 15) is 0 Å². The molecule has 0 amide bonds. The Morgan fingerprint density at radius 3 is 1.92 bits per heavy atom. The molecule has 1 rings (SSSR count). The van der Waals surface area contributed by atoms with Crippen LogP contribution in [0, 0.1) is 0 Å². The fourth-order valence-electron chi connectivity index (χ4n) is 1.94. The van der Waals surface area contributed by atoms with Crippen LogP contribution in [0.25, 0.3) is 0 Å². The van der Waals surface area contributed by atoms with Crippen LogP contribution in [0.4, 0.5) is 0 Å². The van der Waals surface area contributed by atoms with Crippen molar-refractivity contribution >= 4 is 17.3 Å². The lowest BCUT2D eigenvalue weighted by Crippen LogP contribution is -2.59. The highest BCUT2D eigenvalue weighted by molar-refractivity contribution is 7.80. The van der Waals surface area contributed by atoms with Crippen LogP contribution >= 0.6 is 12.2 Å². The van der Waals surface area contributed by atoms with Crippen molar-refractivity contribution in [1.29, 1.82) is 0 Å². The van der Waals surface area contributed by atoms with Gasteiger partial charge in [0.1, 0.15) is 0 Å². The molecule has 1 fully saturated rings. The summed E-state index contributed by atoms with van der Waals surface area (Å²) in [6, 6.07) is 0. The van der Waals surface area contributed by atoms with E-state index in [1.54, 1.807) is 0 Å². The molecule has 0 radical (unpaired) electrons. The number of morpholine rings is 1. The quantitative estimate of drug-likeness (QED) is 0.597. The van der Waals surface area contributed by atoms with Crippen molar-refractivity contribution in [3.63, 3.8) is 0 Å². The lowest BCUT2D eigenvalue weighted by atomic mass is 9.99. The SMILES string of the molecule is CC1(C)CN(C(N)=S)CC(C)(C)O1. The number of ether oxygens (including phenoxy) is 1. The van der Waals surface area contributed by atoms with Gasteiger partial charge in [0, 0.05) is 13.1 Å². The van der Waals surface area contributed by atoms with Gasteiger partial charge in [0.05, 0.1) is 11.2 Å². The number of thiocarbonyl (C=S) groups is 1. The smallest absolute Gasteiger partial charge is 0.166 e. The normalized spacial score (nSPS) is 25.7. The molecule has 0 aromatic heterocycles. The summed E-state index contributed by atoms with van der Waals surface area (Å²) in [5, 5.41) is 0.462. The van der Waals surface area contributed by atoms with E-state index >= 15 is 0 Å². The van der Waals surface area contributed by atoms with E-state index in [2.05, 4.69) is 27.7 Å². The van der Waals surface area contributed by atoms with Crippen LogP contribution in [-0.2, 0) is 4.74 Å². The summed E-state index contributed by atoms with van der Waals surface area (Å²) in [5.74, 6) is 0.